The van der Waals surface area contributed by atoms with Crippen LogP contribution in [0.4, 0.5) is 0 Å². The van der Waals surface area contributed by atoms with Crippen molar-refractivity contribution in [1.29, 1.82) is 0 Å². The number of ketones is 1. The SMILES string of the molecule is CC(C)(C)c1cc(CO[C@H]2CCC=CCCC2=O)cc(C(C)(C)C)c1. The third kappa shape index (κ3) is 5.81. The van der Waals surface area contributed by atoms with Gasteiger partial charge in [0.2, 0.25) is 0 Å². The van der Waals surface area contributed by atoms with Crippen LogP contribution in [0.3, 0.4) is 0 Å². The lowest BCUT2D eigenvalue weighted by atomic mass is 9.79. The second kappa shape index (κ2) is 7.86. The summed E-state index contributed by atoms with van der Waals surface area (Å²) in [6, 6.07) is 6.79. The molecule has 2 rings (SSSR count). The Hall–Kier alpha value is -1.41. The molecule has 0 amide bonds. The average molecular weight is 343 g/mol. The molecular formula is C23H34O2. The summed E-state index contributed by atoms with van der Waals surface area (Å²) < 4.78 is 6.07. The van der Waals surface area contributed by atoms with Gasteiger partial charge in [0.15, 0.2) is 5.78 Å². The Balaban J connectivity index is 2.20. The first-order valence-electron chi connectivity index (χ1n) is 9.51. The molecule has 0 saturated heterocycles. The number of carbonyl (C=O) groups is 1. The number of hydrogen-bond donors (Lipinski definition) is 0. The van der Waals surface area contributed by atoms with Gasteiger partial charge in [0.05, 0.1) is 6.61 Å². The van der Waals surface area contributed by atoms with Gasteiger partial charge in [-0.05, 0) is 46.8 Å². The van der Waals surface area contributed by atoms with Gasteiger partial charge in [0.1, 0.15) is 6.10 Å². The number of Topliss-reactive ketones (excluding diaryl/α,β-unsaturated/α-hetero) is 1. The van der Waals surface area contributed by atoms with E-state index in [1.54, 1.807) is 0 Å². The lowest BCUT2D eigenvalue weighted by Crippen LogP contribution is -2.25. The zero-order valence-corrected chi connectivity index (χ0v) is 16.8. The summed E-state index contributed by atoms with van der Waals surface area (Å²) in [4.78, 5) is 12.3. The molecule has 1 aliphatic carbocycles. The fraction of sp³-hybridized carbons (Fsp3) is 0.609. The van der Waals surface area contributed by atoms with Crippen LogP contribution < -0.4 is 0 Å². The van der Waals surface area contributed by atoms with E-state index in [0.717, 1.165) is 19.3 Å². The van der Waals surface area contributed by atoms with E-state index in [0.29, 0.717) is 13.0 Å². The van der Waals surface area contributed by atoms with Crippen LogP contribution >= 0.6 is 0 Å². The van der Waals surface area contributed by atoms with E-state index in [4.69, 9.17) is 4.74 Å². The van der Waals surface area contributed by atoms with Gasteiger partial charge >= 0.3 is 0 Å². The first kappa shape index (κ1) is 19.9. The van der Waals surface area contributed by atoms with Crippen LogP contribution in [0.25, 0.3) is 0 Å². The van der Waals surface area contributed by atoms with E-state index in [9.17, 15) is 4.79 Å². The Morgan fingerprint density at radius 3 is 2.04 bits per heavy atom. The molecule has 1 aromatic rings. The molecule has 2 nitrogen and oxygen atoms in total. The van der Waals surface area contributed by atoms with Crippen molar-refractivity contribution in [3.05, 3.63) is 47.0 Å². The Morgan fingerprint density at radius 1 is 0.920 bits per heavy atom. The minimum atomic E-state index is -0.263. The predicted octanol–water partition coefficient (Wildman–Crippen LogP) is 5.87. The number of rotatable bonds is 3. The highest BCUT2D eigenvalue weighted by atomic mass is 16.5. The quantitative estimate of drug-likeness (QED) is 0.642. The van der Waals surface area contributed by atoms with Gasteiger partial charge in [-0.3, -0.25) is 4.79 Å². The molecule has 1 aromatic carbocycles. The molecule has 0 aliphatic heterocycles. The molecule has 0 heterocycles. The van der Waals surface area contributed by atoms with Gasteiger partial charge < -0.3 is 4.74 Å². The van der Waals surface area contributed by atoms with Crippen molar-refractivity contribution >= 4 is 5.78 Å². The Morgan fingerprint density at radius 2 is 1.48 bits per heavy atom. The summed E-state index contributed by atoms with van der Waals surface area (Å²) in [5, 5.41) is 0. The maximum atomic E-state index is 12.3. The largest absolute Gasteiger partial charge is 0.366 e. The van der Waals surface area contributed by atoms with Gasteiger partial charge in [-0.2, -0.15) is 0 Å². The maximum absolute atomic E-state index is 12.3. The second-order valence-electron chi connectivity index (χ2n) is 9.27. The highest BCUT2D eigenvalue weighted by molar-refractivity contribution is 5.83. The molecular weight excluding hydrogens is 308 g/mol. The van der Waals surface area contributed by atoms with E-state index in [1.807, 2.05) is 0 Å². The minimum absolute atomic E-state index is 0.0941. The summed E-state index contributed by atoms with van der Waals surface area (Å²) in [5.41, 5.74) is 4.01. The summed E-state index contributed by atoms with van der Waals surface area (Å²) in [7, 11) is 0. The Bertz CT molecular complexity index is 594. The molecule has 0 saturated carbocycles. The van der Waals surface area contributed by atoms with E-state index in [-0.39, 0.29) is 22.7 Å². The Labute approximate surface area is 153 Å². The second-order valence-corrected chi connectivity index (χ2v) is 9.27. The lowest BCUT2D eigenvalue weighted by Gasteiger charge is -2.26. The summed E-state index contributed by atoms with van der Waals surface area (Å²) >= 11 is 0. The normalized spacial score (nSPS) is 19.6. The fourth-order valence-corrected chi connectivity index (χ4v) is 3.05. The molecule has 0 radical (unpaired) electrons. The van der Waals surface area contributed by atoms with Gasteiger partial charge in [-0.25, -0.2) is 0 Å². The van der Waals surface area contributed by atoms with Crippen LogP contribution in [0, 0.1) is 0 Å². The zero-order chi connectivity index (χ0) is 18.7. The molecule has 1 aliphatic rings. The van der Waals surface area contributed by atoms with Crippen LogP contribution in [0.5, 0.6) is 0 Å². The minimum Gasteiger partial charge on any atom is -0.366 e. The Kier molecular flexibility index (Phi) is 6.26. The lowest BCUT2D eigenvalue weighted by molar-refractivity contribution is -0.131. The van der Waals surface area contributed by atoms with Crippen molar-refractivity contribution in [2.75, 3.05) is 0 Å². The van der Waals surface area contributed by atoms with E-state index in [2.05, 4.69) is 71.9 Å². The topological polar surface area (TPSA) is 26.3 Å². The van der Waals surface area contributed by atoms with Crippen molar-refractivity contribution in [2.24, 2.45) is 0 Å². The number of carbonyl (C=O) groups excluding carboxylic acids is 1. The standard InChI is InChI=1S/C23H34O2/c1-22(2,3)18-13-17(14-19(15-18)23(4,5)6)16-25-21-12-10-8-7-9-11-20(21)24/h7-8,13-15,21H,9-12,16H2,1-6H3/t21-/m0/s1. The highest BCUT2D eigenvalue weighted by Crippen LogP contribution is 2.30. The third-order valence-corrected chi connectivity index (χ3v) is 4.85. The highest BCUT2D eigenvalue weighted by Gasteiger charge is 2.22. The first-order chi connectivity index (χ1) is 11.6. The molecule has 0 aromatic heterocycles. The number of allylic oxidation sites excluding steroid dienone is 2. The predicted molar refractivity (Wildman–Crippen MR) is 105 cm³/mol. The average Bonchev–Trinajstić information content (AvgIpc) is 2.49. The number of benzene rings is 1. The fourth-order valence-electron chi connectivity index (χ4n) is 3.05. The number of ether oxygens (including phenoxy) is 1. The van der Waals surface area contributed by atoms with Gasteiger partial charge in [-0.1, -0.05) is 71.9 Å². The smallest absolute Gasteiger partial charge is 0.161 e. The van der Waals surface area contributed by atoms with E-state index >= 15 is 0 Å². The van der Waals surface area contributed by atoms with Crippen molar-refractivity contribution in [3.8, 4) is 0 Å². The number of hydrogen-bond acceptors (Lipinski definition) is 2. The van der Waals surface area contributed by atoms with Crippen molar-refractivity contribution in [2.45, 2.75) is 90.8 Å². The van der Waals surface area contributed by atoms with Crippen LogP contribution in [0.15, 0.2) is 30.4 Å². The summed E-state index contributed by atoms with van der Waals surface area (Å²) in [5.74, 6) is 0.243. The molecule has 25 heavy (non-hydrogen) atoms. The third-order valence-electron chi connectivity index (χ3n) is 4.85. The molecule has 2 heteroatoms. The van der Waals surface area contributed by atoms with Gasteiger partial charge in [0.25, 0.3) is 0 Å². The van der Waals surface area contributed by atoms with Gasteiger partial charge in [-0.15, -0.1) is 0 Å². The van der Waals surface area contributed by atoms with Crippen LogP contribution in [0.2, 0.25) is 0 Å². The van der Waals surface area contributed by atoms with E-state index in [1.165, 1.54) is 16.7 Å². The zero-order valence-electron chi connectivity index (χ0n) is 16.8. The first-order valence-corrected chi connectivity index (χ1v) is 9.51. The van der Waals surface area contributed by atoms with Crippen molar-refractivity contribution < 1.29 is 9.53 Å². The maximum Gasteiger partial charge on any atom is 0.161 e. The molecule has 0 fully saturated rings. The van der Waals surface area contributed by atoms with E-state index < -0.39 is 0 Å². The van der Waals surface area contributed by atoms with Crippen molar-refractivity contribution in [3.63, 3.8) is 0 Å². The molecule has 1 atom stereocenters. The van der Waals surface area contributed by atoms with Crippen LogP contribution in [-0.4, -0.2) is 11.9 Å². The van der Waals surface area contributed by atoms with Gasteiger partial charge in [0, 0.05) is 6.42 Å². The molecule has 0 N–H and O–H groups in total. The monoisotopic (exact) mass is 342 g/mol. The van der Waals surface area contributed by atoms with Crippen LogP contribution in [-0.2, 0) is 27.0 Å². The van der Waals surface area contributed by atoms with Crippen molar-refractivity contribution in [1.82, 2.24) is 0 Å². The molecule has 0 unspecified atom stereocenters. The molecule has 0 spiro atoms. The summed E-state index contributed by atoms with van der Waals surface area (Å²) in [6.07, 6.45) is 7.16. The molecule has 0 bridgehead atoms. The van der Waals surface area contributed by atoms with Crippen LogP contribution in [0.1, 0.15) is 83.9 Å². The molecule has 138 valence electrons. The summed E-state index contributed by atoms with van der Waals surface area (Å²) in [6.45, 7) is 13.9.